The van der Waals surface area contributed by atoms with Crippen LogP contribution < -0.4 is 10.5 Å². The zero-order valence-corrected chi connectivity index (χ0v) is 12.3. The van der Waals surface area contributed by atoms with E-state index in [4.69, 9.17) is 10.5 Å². The van der Waals surface area contributed by atoms with E-state index in [1.54, 1.807) is 18.2 Å². The highest BCUT2D eigenvalue weighted by molar-refractivity contribution is 7.89. The predicted molar refractivity (Wildman–Crippen MR) is 75.7 cm³/mol. The molecule has 20 heavy (non-hydrogen) atoms. The lowest BCUT2D eigenvalue weighted by Crippen LogP contribution is -2.71. The van der Waals surface area contributed by atoms with E-state index < -0.39 is 10.0 Å². The van der Waals surface area contributed by atoms with Crippen LogP contribution in [0.4, 0.5) is 0 Å². The van der Waals surface area contributed by atoms with E-state index in [-0.39, 0.29) is 29.0 Å². The second-order valence-corrected chi connectivity index (χ2v) is 7.40. The SMILES string of the molecule is Cc1cccc(S(=O)(=O)NC2C(N)C3CCCOC32)c1. The van der Waals surface area contributed by atoms with Gasteiger partial charge in [0.15, 0.2) is 0 Å². The minimum atomic E-state index is -3.54. The molecule has 3 rings (SSSR count). The molecule has 3 N–H and O–H groups in total. The summed E-state index contributed by atoms with van der Waals surface area (Å²) in [4.78, 5) is 0.281. The zero-order chi connectivity index (χ0) is 14.3. The quantitative estimate of drug-likeness (QED) is 0.863. The molecule has 0 bridgehead atoms. The molecule has 4 unspecified atom stereocenters. The van der Waals surface area contributed by atoms with Gasteiger partial charge >= 0.3 is 0 Å². The van der Waals surface area contributed by atoms with Crippen LogP contribution in [0.15, 0.2) is 29.2 Å². The van der Waals surface area contributed by atoms with Crippen LogP contribution in [-0.4, -0.2) is 33.2 Å². The highest BCUT2D eigenvalue weighted by Crippen LogP contribution is 2.37. The Labute approximate surface area is 119 Å². The fourth-order valence-electron chi connectivity index (χ4n) is 3.12. The average molecular weight is 296 g/mol. The monoisotopic (exact) mass is 296 g/mol. The summed E-state index contributed by atoms with van der Waals surface area (Å²) in [6.07, 6.45) is 1.96. The van der Waals surface area contributed by atoms with Crippen LogP contribution in [0.1, 0.15) is 18.4 Å². The summed E-state index contributed by atoms with van der Waals surface area (Å²) in [7, 11) is -3.54. The van der Waals surface area contributed by atoms with Crippen molar-refractivity contribution in [2.24, 2.45) is 11.7 Å². The van der Waals surface area contributed by atoms with Crippen molar-refractivity contribution in [3.8, 4) is 0 Å². The summed E-state index contributed by atoms with van der Waals surface area (Å²) in [6.45, 7) is 2.56. The first-order chi connectivity index (χ1) is 9.49. The fraction of sp³-hybridized carbons (Fsp3) is 0.571. The molecule has 1 saturated carbocycles. The van der Waals surface area contributed by atoms with Crippen molar-refractivity contribution >= 4 is 10.0 Å². The Morgan fingerprint density at radius 3 is 2.95 bits per heavy atom. The van der Waals surface area contributed by atoms with Crippen LogP contribution in [0.25, 0.3) is 0 Å². The van der Waals surface area contributed by atoms with E-state index in [0.717, 1.165) is 18.4 Å². The predicted octanol–water partition coefficient (Wildman–Crippen LogP) is 0.778. The molecule has 2 fully saturated rings. The van der Waals surface area contributed by atoms with Gasteiger partial charge in [-0.3, -0.25) is 0 Å². The van der Waals surface area contributed by atoms with Gasteiger partial charge in [0.25, 0.3) is 0 Å². The van der Waals surface area contributed by atoms with Crippen LogP contribution in [0.5, 0.6) is 0 Å². The minimum Gasteiger partial charge on any atom is -0.376 e. The van der Waals surface area contributed by atoms with Gasteiger partial charge in [-0.2, -0.15) is 0 Å². The summed E-state index contributed by atoms with van der Waals surface area (Å²) < 4.78 is 33.1. The van der Waals surface area contributed by atoms with E-state index in [2.05, 4.69) is 4.72 Å². The molecule has 0 radical (unpaired) electrons. The Bertz CT molecular complexity index is 602. The number of nitrogens with two attached hydrogens (primary N) is 1. The lowest BCUT2D eigenvalue weighted by atomic mass is 9.69. The van der Waals surface area contributed by atoms with Gasteiger partial charge in [-0.05, 0) is 37.5 Å². The number of ether oxygens (including phenoxy) is 1. The Kier molecular flexibility index (Phi) is 3.58. The minimum absolute atomic E-state index is 0.0710. The van der Waals surface area contributed by atoms with E-state index in [1.165, 1.54) is 0 Å². The van der Waals surface area contributed by atoms with Gasteiger partial charge in [-0.25, -0.2) is 13.1 Å². The second kappa shape index (κ2) is 5.11. The maximum Gasteiger partial charge on any atom is 0.240 e. The number of nitrogens with one attached hydrogen (secondary N) is 1. The molecule has 0 aromatic heterocycles. The van der Waals surface area contributed by atoms with Crippen molar-refractivity contribution in [3.63, 3.8) is 0 Å². The molecule has 1 aliphatic carbocycles. The Morgan fingerprint density at radius 2 is 2.20 bits per heavy atom. The van der Waals surface area contributed by atoms with Crippen molar-refractivity contribution < 1.29 is 13.2 Å². The number of rotatable bonds is 3. The molecular formula is C14H20N2O3S. The third kappa shape index (κ3) is 2.37. The summed E-state index contributed by atoms with van der Waals surface area (Å²) in [6, 6.07) is 6.40. The lowest BCUT2D eigenvalue weighted by molar-refractivity contribution is -0.114. The van der Waals surface area contributed by atoms with E-state index in [9.17, 15) is 8.42 Å². The Balaban J connectivity index is 1.77. The number of benzene rings is 1. The number of sulfonamides is 1. The molecule has 110 valence electrons. The first-order valence-electron chi connectivity index (χ1n) is 6.95. The van der Waals surface area contributed by atoms with Gasteiger partial charge < -0.3 is 10.5 Å². The first kappa shape index (κ1) is 14.0. The molecule has 5 nitrogen and oxygen atoms in total. The molecule has 1 heterocycles. The van der Waals surface area contributed by atoms with E-state index in [1.807, 2.05) is 13.0 Å². The number of fused-ring (bicyclic) bond motifs is 1. The van der Waals surface area contributed by atoms with Gasteiger partial charge in [-0.15, -0.1) is 0 Å². The van der Waals surface area contributed by atoms with Crippen LogP contribution in [0.3, 0.4) is 0 Å². The van der Waals surface area contributed by atoms with Crippen LogP contribution in [0.2, 0.25) is 0 Å². The second-order valence-electron chi connectivity index (χ2n) is 5.68. The molecule has 0 spiro atoms. The first-order valence-corrected chi connectivity index (χ1v) is 8.43. The molecular weight excluding hydrogens is 276 g/mol. The van der Waals surface area contributed by atoms with Gasteiger partial charge in [0.1, 0.15) is 0 Å². The Morgan fingerprint density at radius 1 is 1.40 bits per heavy atom. The highest BCUT2D eigenvalue weighted by atomic mass is 32.2. The van der Waals surface area contributed by atoms with E-state index in [0.29, 0.717) is 6.61 Å². The standard InChI is InChI=1S/C14H20N2O3S/c1-9-4-2-5-10(8-9)20(17,18)16-13-12(15)11-6-3-7-19-14(11)13/h2,4-5,8,11-14,16H,3,6-7,15H2,1H3. The summed E-state index contributed by atoms with van der Waals surface area (Å²) in [5.74, 6) is 0.286. The van der Waals surface area contributed by atoms with Crippen molar-refractivity contribution in [2.45, 2.75) is 42.8 Å². The van der Waals surface area contributed by atoms with Gasteiger partial charge in [0.2, 0.25) is 10.0 Å². The van der Waals surface area contributed by atoms with Gasteiger partial charge in [0.05, 0.1) is 17.0 Å². The summed E-state index contributed by atoms with van der Waals surface area (Å²) in [5, 5.41) is 0. The molecule has 0 amide bonds. The smallest absolute Gasteiger partial charge is 0.240 e. The lowest BCUT2D eigenvalue weighted by Gasteiger charge is -2.52. The van der Waals surface area contributed by atoms with Gasteiger partial charge in [-0.1, -0.05) is 12.1 Å². The Hall–Kier alpha value is -0.950. The maximum absolute atomic E-state index is 12.4. The number of hydrogen-bond donors (Lipinski definition) is 2. The zero-order valence-electron chi connectivity index (χ0n) is 11.5. The molecule has 1 aromatic carbocycles. The highest BCUT2D eigenvalue weighted by Gasteiger charge is 2.51. The van der Waals surface area contributed by atoms with Crippen LogP contribution in [-0.2, 0) is 14.8 Å². The largest absolute Gasteiger partial charge is 0.376 e. The van der Waals surface area contributed by atoms with Crippen molar-refractivity contribution in [1.82, 2.24) is 4.72 Å². The third-order valence-corrected chi connectivity index (χ3v) is 5.73. The van der Waals surface area contributed by atoms with Crippen LogP contribution >= 0.6 is 0 Å². The topological polar surface area (TPSA) is 81.4 Å². The van der Waals surface area contributed by atoms with Crippen molar-refractivity contribution in [1.29, 1.82) is 0 Å². The molecule has 1 aromatic rings. The molecule has 2 aliphatic rings. The molecule has 1 aliphatic heterocycles. The average Bonchev–Trinajstić information content (AvgIpc) is 2.44. The maximum atomic E-state index is 12.4. The van der Waals surface area contributed by atoms with E-state index >= 15 is 0 Å². The van der Waals surface area contributed by atoms with Crippen LogP contribution in [0, 0.1) is 12.8 Å². The summed E-state index contributed by atoms with van der Waals surface area (Å²) in [5.41, 5.74) is 7.00. The molecule has 4 atom stereocenters. The normalized spacial score (nSPS) is 33.3. The van der Waals surface area contributed by atoms with Crippen molar-refractivity contribution in [2.75, 3.05) is 6.61 Å². The molecule has 6 heteroatoms. The summed E-state index contributed by atoms with van der Waals surface area (Å²) >= 11 is 0. The number of hydrogen-bond acceptors (Lipinski definition) is 4. The third-order valence-electron chi connectivity index (χ3n) is 4.27. The van der Waals surface area contributed by atoms with Gasteiger partial charge in [0, 0.05) is 18.6 Å². The van der Waals surface area contributed by atoms with Crippen molar-refractivity contribution in [3.05, 3.63) is 29.8 Å². The molecule has 1 saturated heterocycles. The fourth-order valence-corrected chi connectivity index (χ4v) is 4.51. The number of aryl methyl sites for hydroxylation is 1.